The molecule has 0 unspecified atom stereocenters. The summed E-state index contributed by atoms with van der Waals surface area (Å²) in [6.45, 7) is 6.43. The van der Waals surface area contributed by atoms with Gasteiger partial charge in [0, 0.05) is 19.3 Å². The molecule has 0 aromatic heterocycles. The zero-order valence-electron chi connectivity index (χ0n) is 39.9. The molecule has 0 spiro atoms. The minimum atomic E-state index is -0.798. The van der Waals surface area contributed by atoms with Crippen molar-refractivity contribution in [3.63, 3.8) is 0 Å². The fourth-order valence-electron chi connectivity index (χ4n) is 6.87. The number of esters is 3. The van der Waals surface area contributed by atoms with Crippen molar-refractivity contribution in [3.8, 4) is 0 Å². The molecule has 0 saturated heterocycles. The molecule has 350 valence electrons. The van der Waals surface area contributed by atoms with Gasteiger partial charge in [0.25, 0.3) is 0 Å². The van der Waals surface area contributed by atoms with E-state index in [2.05, 4.69) is 93.7 Å². The van der Waals surface area contributed by atoms with Crippen LogP contribution < -0.4 is 0 Å². The predicted octanol–water partition coefficient (Wildman–Crippen LogP) is 16.6. The van der Waals surface area contributed by atoms with Crippen molar-refractivity contribution in [2.24, 2.45) is 0 Å². The predicted molar refractivity (Wildman–Crippen MR) is 261 cm³/mol. The Kier molecular flexibility index (Phi) is 46.9. The van der Waals surface area contributed by atoms with Crippen LogP contribution in [0.25, 0.3) is 0 Å². The lowest BCUT2D eigenvalue weighted by Gasteiger charge is -2.18. The van der Waals surface area contributed by atoms with Gasteiger partial charge < -0.3 is 14.2 Å². The zero-order chi connectivity index (χ0) is 44.4. The van der Waals surface area contributed by atoms with Gasteiger partial charge in [-0.3, -0.25) is 14.4 Å². The Morgan fingerprint density at radius 1 is 0.344 bits per heavy atom. The van der Waals surface area contributed by atoms with E-state index in [1.165, 1.54) is 103 Å². The van der Waals surface area contributed by atoms with Crippen LogP contribution in [-0.2, 0) is 28.6 Å². The molecule has 0 aliphatic heterocycles. The summed E-state index contributed by atoms with van der Waals surface area (Å²) in [4.78, 5) is 37.9. The van der Waals surface area contributed by atoms with Crippen LogP contribution in [0.2, 0.25) is 0 Å². The second kappa shape index (κ2) is 49.5. The highest BCUT2D eigenvalue weighted by Crippen LogP contribution is 2.15. The number of allylic oxidation sites excluding steroid dienone is 12. The Morgan fingerprint density at radius 3 is 1.13 bits per heavy atom. The molecule has 0 radical (unpaired) electrons. The summed E-state index contributed by atoms with van der Waals surface area (Å²) in [5.41, 5.74) is 0. The summed E-state index contributed by atoms with van der Waals surface area (Å²) in [6.07, 6.45) is 61.8. The third-order valence-corrected chi connectivity index (χ3v) is 10.7. The van der Waals surface area contributed by atoms with Crippen LogP contribution >= 0.6 is 0 Å². The van der Waals surface area contributed by atoms with Gasteiger partial charge >= 0.3 is 17.9 Å². The van der Waals surface area contributed by atoms with E-state index < -0.39 is 6.10 Å². The van der Waals surface area contributed by atoms with Gasteiger partial charge in [-0.1, -0.05) is 216 Å². The molecule has 0 aliphatic rings. The maximum Gasteiger partial charge on any atom is 0.306 e. The lowest BCUT2D eigenvalue weighted by atomic mass is 10.0. The number of rotatable bonds is 45. The first kappa shape index (κ1) is 57.9. The normalized spacial score (nSPS) is 12.6. The van der Waals surface area contributed by atoms with Gasteiger partial charge in [-0.25, -0.2) is 0 Å². The van der Waals surface area contributed by atoms with Crippen molar-refractivity contribution in [1.82, 2.24) is 0 Å². The van der Waals surface area contributed by atoms with Gasteiger partial charge in [0.2, 0.25) is 0 Å². The monoisotopic (exact) mass is 851 g/mol. The van der Waals surface area contributed by atoms with Crippen molar-refractivity contribution < 1.29 is 28.6 Å². The maximum absolute atomic E-state index is 12.8. The third-order valence-electron chi connectivity index (χ3n) is 10.7. The standard InChI is InChI=1S/C55H94O6/c1-4-7-10-13-16-19-22-24-26-27-29-30-33-36-39-42-45-48-54(57)60-51-52(50-59-53(56)47-44-41-38-35-32-21-18-15-12-9-6-3)61-55(58)49-46-43-40-37-34-31-28-25-23-20-17-14-11-8-5-2/h7,10,15-16,18-19,24,26,29-30,36,39,52H,4-6,8-9,11-14,17,20-23,25,27-28,31-35,37-38,40-51H2,1-3H3/b10-7-,18-15-,19-16-,26-24-,30-29-,39-36-/t52-/m0/s1. The highest BCUT2D eigenvalue weighted by atomic mass is 16.6. The summed E-state index contributed by atoms with van der Waals surface area (Å²) >= 11 is 0. The fraction of sp³-hybridized carbons (Fsp3) is 0.727. The molecular weight excluding hydrogens is 757 g/mol. The number of hydrogen-bond donors (Lipinski definition) is 0. The van der Waals surface area contributed by atoms with Crippen molar-refractivity contribution in [2.75, 3.05) is 13.2 Å². The van der Waals surface area contributed by atoms with Gasteiger partial charge in [-0.15, -0.1) is 0 Å². The van der Waals surface area contributed by atoms with Crippen LogP contribution in [0.1, 0.15) is 239 Å². The summed E-state index contributed by atoms with van der Waals surface area (Å²) in [6, 6.07) is 0. The molecule has 6 heteroatoms. The second-order valence-corrected chi connectivity index (χ2v) is 16.7. The van der Waals surface area contributed by atoms with Gasteiger partial charge in [-0.05, 0) is 77.0 Å². The molecule has 0 rings (SSSR count). The first-order valence-corrected chi connectivity index (χ1v) is 25.4. The fourth-order valence-corrected chi connectivity index (χ4v) is 6.87. The molecular formula is C55H94O6. The van der Waals surface area contributed by atoms with Crippen molar-refractivity contribution in [3.05, 3.63) is 72.9 Å². The number of carbonyl (C=O) groups excluding carboxylic acids is 3. The van der Waals surface area contributed by atoms with Crippen LogP contribution in [0, 0.1) is 0 Å². The van der Waals surface area contributed by atoms with Gasteiger partial charge in [0.05, 0.1) is 0 Å². The molecule has 0 aromatic carbocycles. The molecule has 0 saturated carbocycles. The molecule has 0 heterocycles. The molecule has 6 nitrogen and oxygen atoms in total. The van der Waals surface area contributed by atoms with Crippen LogP contribution in [0.5, 0.6) is 0 Å². The van der Waals surface area contributed by atoms with E-state index >= 15 is 0 Å². The first-order chi connectivity index (χ1) is 30.0. The van der Waals surface area contributed by atoms with E-state index in [4.69, 9.17) is 14.2 Å². The minimum Gasteiger partial charge on any atom is -0.462 e. The minimum absolute atomic E-state index is 0.0961. The van der Waals surface area contributed by atoms with Crippen LogP contribution in [-0.4, -0.2) is 37.2 Å². The van der Waals surface area contributed by atoms with Gasteiger partial charge in [0.1, 0.15) is 13.2 Å². The topological polar surface area (TPSA) is 78.9 Å². The second-order valence-electron chi connectivity index (χ2n) is 16.7. The summed E-state index contributed by atoms with van der Waals surface area (Å²) in [5.74, 6) is -0.963. The zero-order valence-corrected chi connectivity index (χ0v) is 39.9. The van der Waals surface area contributed by atoms with E-state index in [1.54, 1.807) is 0 Å². The quantitative estimate of drug-likeness (QED) is 0.0263. The lowest BCUT2D eigenvalue weighted by molar-refractivity contribution is -0.167. The number of ether oxygens (including phenoxy) is 3. The van der Waals surface area contributed by atoms with E-state index in [0.717, 1.165) is 89.9 Å². The average molecular weight is 851 g/mol. The Hall–Kier alpha value is -3.15. The summed E-state index contributed by atoms with van der Waals surface area (Å²) in [5, 5.41) is 0. The largest absolute Gasteiger partial charge is 0.462 e. The van der Waals surface area contributed by atoms with Crippen LogP contribution in [0.15, 0.2) is 72.9 Å². The third kappa shape index (κ3) is 47.7. The van der Waals surface area contributed by atoms with E-state index in [-0.39, 0.29) is 37.5 Å². The Morgan fingerprint density at radius 2 is 0.672 bits per heavy atom. The molecule has 0 bridgehead atoms. The molecule has 61 heavy (non-hydrogen) atoms. The average Bonchev–Trinajstić information content (AvgIpc) is 3.26. The van der Waals surface area contributed by atoms with Gasteiger partial charge in [-0.2, -0.15) is 0 Å². The molecule has 0 fully saturated rings. The summed E-state index contributed by atoms with van der Waals surface area (Å²) < 4.78 is 16.7. The molecule has 0 amide bonds. The first-order valence-electron chi connectivity index (χ1n) is 25.4. The van der Waals surface area contributed by atoms with Crippen LogP contribution in [0.3, 0.4) is 0 Å². The highest BCUT2D eigenvalue weighted by Gasteiger charge is 2.19. The van der Waals surface area contributed by atoms with Crippen molar-refractivity contribution in [1.29, 1.82) is 0 Å². The van der Waals surface area contributed by atoms with Crippen molar-refractivity contribution >= 4 is 17.9 Å². The SMILES string of the molecule is CC/C=C\C/C=C\C/C=C\C/C=C\C/C=C\CCCC(=O)OC[C@H](COC(=O)CCCCCCC/C=C\CCCC)OC(=O)CCCCCCCCCCCCCCCCC. The number of unbranched alkanes of at least 4 members (excludes halogenated alkanes) is 22. The Labute approximate surface area is 376 Å². The molecule has 0 aliphatic carbocycles. The molecule has 0 aromatic rings. The van der Waals surface area contributed by atoms with E-state index in [0.29, 0.717) is 19.3 Å². The van der Waals surface area contributed by atoms with Crippen molar-refractivity contribution in [2.45, 2.75) is 245 Å². The number of carbonyl (C=O) groups is 3. The number of hydrogen-bond acceptors (Lipinski definition) is 6. The Bertz CT molecular complexity index is 1160. The molecule has 1 atom stereocenters. The smallest absolute Gasteiger partial charge is 0.306 e. The lowest BCUT2D eigenvalue weighted by Crippen LogP contribution is -2.30. The molecule has 0 N–H and O–H groups in total. The van der Waals surface area contributed by atoms with Gasteiger partial charge in [0.15, 0.2) is 6.10 Å². The van der Waals surface area contributed by atoms with Crippen LogP contribution in [0.4, 0.5) is 0 Å². The highest BCUT2D eigenvalue weighted by molar-refractivity contribution is 5.71. The van der Waals surface area contributed by atoms with E-state index in [9.17, 15) is 14.4 Å². The maximum atomic E-state index is 12.8. The summed E-state index contributed by atoms with van der Waals surface area (Å²) in [7, 11) is 0. The Balaban J connectivity index is 4.46. The van der Waals surface area contributed by atoms with E-state index in [1.807, 2.05) is 0 Å².